The summed E-state index contributed by atoms with van der Waals surface area (Å²) in [5.41, 5.74) is 4.45. The quantitative estimate of drug-likeness (QED) is 0.396. The first-order chi connectivity index (χ1) is 11.6. The maximum absolute atomic E-state index is 12.8. The monoisotopic (exact) mass is 336 g/mol. The first kappa shape index (κ1) is 13.8. The summed E-state index contributed by atoms with van der Waals surface area (Å²) < 4.78 is 6.76. The number of thiol groups is 1. The molecule has 1 unspecified atom stereocenters. The van der Waals surface area contributed by atoms with Gasteiger partial charge in [0.05, 0.1) is 29.0 Å². The van der Waals surface area contributed by atoms with Gasteiger partial charge in [0.2, 0.25) is 0 Å². The van der Waals surface area contributed by atoms with Crippen LogP contribution >= 0.6 is 12.6 Å². The van der Waals surface area contributed by atoms with Gasteiger partial charge in [-0.3, -0.25) is 9.59 Å². The Morgan fingerprint density at radius 1 is 1.21 bits per heavy atom. The van der Waals surface area contributed by atoms with Crippen LogP contribution in [0.15, 0.2) is 41.2 Å². The highest BCUT2D eigenvalue weighted by Crippen LogP contribution is 2.36. The fraction of sp³-hybridized carbons (Fsp3) is 0.167. The SMILES string of the molecule is O=C1OCc2c(cc3n(c2=O)Cc2cc4ccccc4nc2-3)C1S. The lowest BCUT2D eigenvalue weighted by Crippen LogP contribution is -2.31. The molecule has 0 amide bonds. The van der Waals surface area contributed by atoms with Crippen LogP contribution in [-0.2, 0) is 22.7 Å². The summed E-state index contributed by atoms with van der Waals surface area (Å²) in [7, 11) is 0. The molecule has 0 spiro atoms. The van der Waals surface area contributed by atoms with Gasteiger partial charge in [0.25, 0.3) is 5.56 Å². The lowest BCUT2D eigenvalue weighted by Gasteiger charge is -2.21. The molecular weight excluding hydrogens is 324 g/mol. The van der Waals surface area contributed by atoms with E-state index in [2.05, 4.69) is 18.7 Å². The third-order valence-electron chi connectivity index (χ3n) is 4.69. The summed E-state index contributed by atoms with van der Waals surface area (Å²) in [4.78, 5) is 29.3. The van der Waals surface area contributed by atoms with Crippen LogP contribution in [0.4, 0.5) is 0 Å². The Bertz CT molecular complexity index is 1100. The molecule has 118 valence electrons. The molecule has 1 aromatic carbocycles. The molecule has 0 saturated carbocycles. The van der Waals surface area contributed by atoms with Crippen LogP contribution in [0.25, 0.3) is 22.3 Å². The number of ether oxygens (including phenoxy) is 1. The molecule has 0 saturated heterocycles. The van der Waals surface area contributed by atoms with Crippen LogP contribution in [0, 0.1) is 0 Å². The van der Waals surface area contributed by atoms with Crippen molar-refractivity contribution in [1.29, 1.82) is 0 Å². The fourth-order valence-electron chi connectivity index (χ4n) is 3.47. The van der Waals surface area contributed by atoms with Gasteiger partial charge < -0.3 is 9.30 Å². The van der Waals surface area contributed by atoms with Crippen molar-refractivity contribution in [3.63, 3.8) is 0 Å². The van der Waals surface area contributed by atoms with Crippen molar-refractivity contribution >= 4 is 29.5 Å². The number of pyridine rings is 2. The molecule has 5 nitrogen and oxygen atoms in total. The summed E-state index contributed by atoms with van der Waals surface area (Å²) in [6.45, 7) is 0.496. The number of hydrogen-bond donors (Lipinski definition) is 1. The Morgan fingerprint density at radius 2 is 2.04 bits per heavy atom. The molecule has 1 atom stereocenters. The van der Waals surface area contributed by atoms with Crippen LogP contribution in [0.1, 0.15) is 21.9 Å². The molecule has 0 N–H and O–H groups in total. The van der Waals surface area contributed by atoms with E-state index in [1.807, 2.05) is 30.3 Å². The van der Waals surface area contributed by atoms with E-state index in [0.717, 1.165) is 27.9 Å². The van der Waals surface area contributed by atoms with Crippen molar-refractivity contribution in [3.05, 3.63) is 63.4 Å². The largest absolute Gasteiger partial charge is 0.460 e. The number of cyclic esters (lactones) is 1. The number of carbonyl (C=O) groups excluding carboxylic acids is 1. The highest BCUT2D eigenvalue weighted by Gasteiger charge is 2.32. The summed E-state index contributed by atoms with van der Waals surface area (Å²) in [5.74, 6) is -0.417. The molecule has 6 heteroatoms. The highest BCUT2D eigenvalue weighted by atomic mass is 32.1. The number of hydrogen-bond acceptors (Lipinski definition) is 5. The molecule has 5 rings (SSSR count). The molecular formula is C18H12N2O3S. The number of esters is 1. The minimum atomic E-state index is -0.725. The second-order valence-electron chi connectivity index (χ2n) is 6.05. The van der Waals surface area contributed by atoms with Gasteiger partial charge in [-0.1, -0.05) is 18.2 Å². The van der Waals surface area contributed by atoms with Gasteiger partial charge in [0, 0.05) is 10.9 Å². The Hall–Kier alpha value is -2.60. The van der Waals surface area contributed by atoms with E-state index in [0.29, 0.717) is 17.7 Å². The normalized spacial score (nSPS) is 18.0. The molecule has 24 heavy (non-hydrogen) atoms. The van der Waals surface area contributed by atoms with Gasteiger partial charge in [0.15, 0.2) is 0 Å². The molecule has 3 aromatic rings. The average Bonchev–Trinajstić information content (AvgIpc) is 2.95. The van der Waals surface area contributed by atoms with Gasteiger partial charge >= 0.3 is 5.97 Å². The molecule has 2 aromatic heterocycles. The summed E-state index contributed by atoms with van der Waals surface area (Å²) in [6, 6.07) is 11.8. The summed E-state index contributed by atoms with van der Waals surface area (Å²) >= 11 is 4.31. The van der Waals surface area contributed by atoms with E-state index in [4.69, 9.17) is 9.72 Å². The number of rotatable bonds is 0. The number of carbonyl (C=O) groups is 1. The second kappa shape index (κ2) is 4.70. The maximum atomic E-state index is 12.8. The zero-order chi connectivity index (χ0) is 16.4. The Kier molecular flexibility index (Phi) is 2.71. The van der Waals surface area contributed by atoms with Crippen molar-refractivity contribution in [3.8, 4) is 11.4 Å². The lowest BCUT2D eigenvalue weighted by atomic mass is 10.0. The third-order valence-corrected chi connectivity index (χ3v) is 5.17. The van der Waals surface area contributed by atoms with E-state index in [-0.39, 0.29) is 12.2 Å². The second-order valence-corrected chi connectivity index (χ2v) is 6.57. The van der Waals surface area contributed by atoms with E-state index < -0.39 is 11.2 Å². The van der Waals surface area contributed by atoms with Gasteiger partial charge in [-0.25, -0.2) is 4.98 Å². The zero-order valence-corrected chi connectivity index (χ0v) is 13.4. The van der Waals surface area contributed by atoms with Gasteiger partial charge in [-0.2, -0.15) is 12.6 Å². The zero-order valence-electron chi connectivity index (χ0n) is 12.5. The van der Waals surface area contributed by atoms with E-state index in [9.17, 15) is 9.59 Å². The predicted octanol–water partition coefficient (Wildman–Crippen LogP) is 2.45. The average molecular weight is 336 g/mol. The predicted molar refractivity (Wildman–Crippen MR) is 92.1 cm³/mol. The Morgan fingerprint density at radius 3 is 2.92 bits per heavy atom. The number of para-hydroxylation sites is 1. The van der Waals surface area contributed by atoms with E-state index in [1.165, 1.54) is 0 Å². The maximum Gasteiger partial charge on any atom is 0.323 e. The standard InChI is InChI=1S/C18H12N2O3S/c21-17-12-8-23-18(22)16(24)11(12)6-14-15-10(7-20(14)17)5-9-3-1-2-4-13(9)19-15/h1-6,16,24H,7-8H2. The van der Waals surface area contributed by atoms with Gasteiger partial charge in [0.1, 0.15) is 11.9 Å². The number of fused-ring (bicyclic) bond motifs is 5. The van der Waals surface area contributed by atoms with E-state index in [1.54, 1.807) is 4.57 Å². The van der Waals surface area contributed by atoms with Gasteiger partial charge in [-0.05, 0) is 23.8 Å². The third kappa shape index (κ3) is 1.74. The first-order valence-electron chi connectivity index (χ1n) is 7.64. The molecule has 0 aliphatic carbocycles. The Labute approximate surface area is 142 Å². The van der Waals surface area contributed by atoms with Crippen molar-refractivity contribution in [2.45, 2.75) is 18.4 Å². The number of benzene rings is 1. The minimum Gasteiger partial charge on any atom is -0.460 e. The van der Waals surface area contributed by atoms with Gasteiger partial charge in [-0.15, -0.1) is 0 Å². The molecule has 0 bridgehead atoms. The van der Waals surface area contributed by atoms with Crippen LogP contribution in [0.2, 0.25) is 0 Å². The smallest absolute Gasteiger partial charge is 0.323 e. The highest BCUT2D eigenvalue weighted by molar-refractivity contribution is 7.81. The van der Waals surface area contributed by atoms with Crippen molar-refractivity contribution in [1.82, 2.24) is 9.55 Å². The molecule has 0 fully saturated rings. The Balaban J connectivity index is 1.80. The molecule has 2 aliphatic rings. The lowest BCUT2D eigenvalue weighted by molar-refractivity contribution is -0.145. The summed E-state index contributed by atoms with van der Waals surface area (Å²) in [6.07, 6.45) is 0. The molecule has 0 radical (unpaired) electrons. The van der Waals surface area contributed by atoms with Crippen LogP contribution in [0.3, 0.4) is 0 Å². The van der Waals surface area contributed by atoms with Crippen molar-refractivity contribution in [2.24, 2.45) is 0 Å². The van der Waals surface area contributed by atoms with Crippen molar-refractivity contribution < 1.29 is 9.53 Å². The number of nitrogens with zero attached hydrogens (tertiary/aromatic N) is 2. The van der Waals surface area contributed by atoms with Crippen molar-refractivity contribution in [2.75, 3.05) is 0 Å². The van der Waals surface area contributed by atoms with Crippen LogP contribution in [-0.4, -0.2) is 15.5 Å². The minimum absolute atomic E-state index is 0.0100. The van der Waals surface area contributed by atoms with Crippen LogP contribution in [0.5, 0.6) is 0 Å². The topological polar surface area (TPSA) is 61.2 Å². The first-order valence-corrected chi connectivity index (χ1v) is 8.15. The van der Waals surface area contributed by atoms with Crippen LogP contribution < -0.4 is 5.56 Å². The number of aromatic nitrogens is 2. The fourth-order valence-corrected chi connectivity index (χ4v) is 3.78. The molecule has 4 heterocycles. The summed E-state index contributed by atoms with van der Waals surface area (Å²) in [5, 5.41) is 0.323. The van der Waals surface area contributed by atoms with E-state index >= 15 is 0 Å². The molecule has 2 aliphatic heterocycles.